The van der Waals surface area contributed by atoms with Gasteiger partial charge in [0.1, 0.15) is 5.82 Å². The Bertz CT molecular complexity index is 359. The molecule has 0 spiro atoms. The van der Waals surface area contributed by atoms with Crippen LogP contribution in [0.1, 0.15) is 31.2 Å². The zero-order valence-electron chi connectivity index (χ0n) is 9.55. The number of rotatable bonds is 2. The fourth-order valence-electron chi connectivity index (χ4n) is 2.39. The first-order valence-corrected chi connectivity index (χ1v) is 6.67. The van der Waals surface area contributed by atoms with Crippen molar-refractivity contribution in [1.82, 2.24) is 4.90 Å². The highest BCUT2D eigenvalue weighted by Crippen LogP contribution is 2.30. The van der Waals surface area contributed by atoms with Crippen molar-refractivity contribution in [3.63, 3.8) is 0 Å². The molecule has 1 saturated heterocycles. The summed E-state index contributed by atoms with van der Waals surface area (Å²) in [6.07, 6.45) is 2.15. The summed E-state index contributed by atoms with van der Waals surface area (Å²) in [6.45, 7) is 5.48. The Morgan fingerprint density at radius 1 is 1.38 bits per heavy atom. The van der Waals surface area contributed by atoms with Crippen LogP contribution in [-0.4, -0.2) is 24.5 Å². The molecule has 3 heteroatoms. The lowest BCUT2D eigenvalue weighted by Gasteiger charge is -2.31. The summed E-state index contributed by atoms with van der Waals surface area (Å²) in [5, 5.41) is 0. The van der Waals surface area contributed by atoms with E-state index in [0.29, 0.717) is 5.92 Å². The van der Waals surface area contributed by atoms with Crippen molar-refractivity contribution in [2.45, 2.75) is 25.7 Å². The summed E-state index contributed by atoms with van der Waals surface area (Å²) in [5.74, 6) is 0.334. The number of piperidine rings is 1. The van der Waals surface area contributed by atoms with Gasteiger partial charge < -0.3 is 4.90 Å². The Labute approximate surface area is 105 Å². The summed E-state index contributed by atoms with van der Waals surface area (Å²) >= 11 is 3.29. The number of hydrogen-bond donors (Lipinski definition) is 0. The van der Waals surface area contributed by atoms with Crippen LogP contribution < -0.4 is 0 Å². The molecule has 0 N–H and O–H groups in total. The van der Waals surface area contributed by atoms with Crippen molar-refractivity contribution in [1.29, 1.82) is 0 Å². The van der Waals surface area contributed by atoms with E-state index >= 15 is 0 Å². The smallest absolute Gasteiger partial charge is 0.127 e. The molecule has 88 valence electrons. The van der Waals surface area contributed by atoms with E-state index in [1.807, 2.05) is 12.1 Å². The molecule has 1 aliphatic rings. The van der Waals surface area contributed by atoms with Crippen LogP contribution in [0.15, 0.2) is 22.7 Å². The lowest BCUT2D eigenvalue weighted by Crippen LogP contribution is -2.32. The van der Waals surface area contributed by atoms with E-state index in [4.69, 9.17) is 0 Å². The van der Waals surface area contributed by atoms with Crippen molar-refractivity contribution in [2.75, 3.05) is 19.6 Å². The molecule has 0 unspecified atom stereocenters. The first-order valence-electron chi connectivity index (χ1n) is 5.88. The number of halogens is 2. The Hall–Kier alpha value is -0.410. The standard InChI is InChI=1S/C13H17BrFN/c1-2-16-7-5-10(6-8-16)12-4-3-11(14)9-13(12)15/h3-4,9-10H,2,5-8H2,1H3. The van der Waals surface area contributed by atoms with Crippen LogP contribution >= 0.6 is 15.9 Å². The van der Waals surface area contributed by atoms with Gasteiger partial charge in [-0.1, -0.05) is 28.9 Å². The summed E-state index contributed by atoms with van der Waals surface area (Å²) in [4.78, 5) is 2.42. The molecule has 1 nitrogen and oxygen atoms in total. The maximum Gasteiger partial charge on any atom is 0.127 e. The molecule has 1 aliphatic heterocycles. The largest absolute Gasteiger partial charge is 0.304 e. The molecule has 0 aliphatic carbocycles. The van der Waals surface area contributed by atoms with Crippen molar-refractivity contribution in [3.05, 3.63) is 34.1 Å². The molecule has 1 aromatic rings. The highest BCUT2D eigenvalue weighted by Gasteiger charge is 2.21. The summed E-state index contributed by atoms with van der Waals surface area (Å²) in [6, 6.07) is 5.43. The molecule has 16 heavy (non-hydrogen) atoms. The van der Waals surface area contributed by atoms with Gasteiger partial charge in [0.25, 0.3) is 0 Å². The summed E-state index contributed by atoms with van der Waals surface area (Å²) in [7, 11) is 0. The van der Waals surface area contributed by atoms with Gasteiger partial charge in [0.15, 0.2) is 0 Å². The molecule has 1 fully saturated rings. The summed E-state index contributed by atoms with van der Waals surface area (Å²) in [5.41, 5.74) is 0.888. The summed E-state index contributed by atoms with van der Waals surface area (Å²) < 4.78 is 14.6. The molecule has 0 radical (unpaired) electrons. The third-order valence-corrected chi connectivity index (χ3v) is 3.93. The highest BCUT2D eigenvalue weighted by atomic mass is 79.9. The maximum atomic E-state index is 13.8. The molecule has 2 rings (SSSR count). The molecule has 0 atom stereocenters. The topological polar surface area (TPSA) is 3.24 Å². The number of benzene rings is 1. The second kappa shape index (κ2) is 5.28. The molecule has 0 saturated carbocycles. The van der Waals surface area contributed by atoms with Crippen LogP contribution in [0.25, 0.3) is 0 Å². The second-order valence-electron chi connectivity index (χ2n) is 4.37. The molecule has 0 bridgehead atoms. The normalized spacial score (nSPS) is 18.9. The van der Waals surface area contributed by atoms with Gasteiger partial charge in [-0.25, -0.2) is 4.39 Å². The Morgan fingerprint density at radius 3 is 2.62 bits per heavy atom. The molecule has 0 aromatic heterocycles. The van der Waals surface area contributed by atoms with E-state index < -0.39 is 0 Å². The lowest BCUT2D eigenvalue weighted by molar-refractivity contribution is 0.220. The van der Waals surface area contributed by atoms with Gasteiger partial charge in [-0.15, -0.1) is 0 Å². The van der Waals surface area contributed by atoms with Crippen LogP contribution in [0, 0.1) is 5.82 Å². The zero-order valence-corrected chi connectivity index (χ0v) is 11.1. The first kappa shape index (κ1) is 12.1. The third-order valence-electron chi connectivity index (χ3n) is 3.44. The minimum atomic E-state index is -0.0654. The lowest BCUT2D eigenvalue weighted by atomic mass is 9.89. The average molecular weight is 286 g/mol. The van der Waals surface area contributed by atoms with Gasteiger partial charge in [-0.3, -0.25) is 0 Å². The van der Waals surface area contributed by atoms with Gasteiger partial charge in [0.2, 0.25) is 0 Å². The number of likely N-dealkylation sites (tertiary alicyclic amines) is 1. The quantitative estimate of drug-likeness (QED) is 0.799. The Kier molecular flexibility index (Phi) is 3.98. The minimum absolute atomic E-state index is 0.0654. The average Bonchev–Trinajstić information content (AvgIpc) is 2.29. The van der Waals surface area contributed by atoms with Crippen LogP contribution in [0.5, 0.6) is 0 Å². The van der Waals surface area contributed by atoms with Crippen molar-refractivity contribution < 1.29 is 4.39 Å². The maximum absolute atomic E-state index is 13.8. The Morgan fingerprint density at radius 2 is 2.06 bits per heavy atom. The van der Waals surface area contributed by atoms with Gasteiger partial charge in [-0.2, -0.15) is 0 Å². The third kappa shape index (κ3) is 2.64. The SMILES string of the molecule is CCN1CCC(c2ccc(Br)cc2F)CC1. The Balaban J connectivity index is 2.08. The van der Waals surface area contributed by atoms with E-state index in [1.54, 1.807) is 6.07 Å². The van der Waals surface area contributed by atoms with Crippen LogP contribution in [0.2, 0.25) is 0 Å². The van der Waals surface area contributed by atoms with Gasteiger partial charge in [0, 0.05) is 4.47 Å². The highest BCUT2D eigenvalue weighted by molar-refractivity contribution is 9.10. The fraction of sp³-hybridized carbons (Fsp3) is 0.538. The van der Waals surface area contributed by atoms with Crippen LogP contribution in [0.4, 0.5) is 4.39 Å². The number of nitrogens with zero attached hydrogens (tertiary/aromatic N) is 1. The predicted octanol–water partition coefficient (Wildman–Crippen LogP) is 3.79. The van der Waals surface area contributed by atoms with E-state index in [0.717, 1.165) is 42.5 Å². The number of hydrogen-bond acceptors (Lipinski definition) is 1. The monoisotopic (exact) mass is 285 g/mol. The van der Waals surface area contributed by atoms with E-state index in [9.17, 15) is 4.39 Å². The van der Waals surface area contributed by atoms with Gasteiger partial charge in [-0.05, 0) is 56.1 Å². The second-order valence-corrected chi connectivity index (χ2v) is 5.29. The molecule has 1 aromatic carbocycles. The fourth-order valence-corrected chi connectivity index (χ4v) is 2.73. The van der Waals surface area contributed by atoms with Gasteiger partial charge in [0.05, 0.1) is 0 Å². The van der Waals surface area contributed by atoms with E-state index in [-0.39, 0.29) is 5.82 Å². The van der Waals surface area contributed by atoms with Crippen molar-refractivity contribution in [3.8, 4) is 0 Å². The van der Waals surface area contributed by atoms with Crippen molar-refractivity contribution in [2.24, 2.45) is 0 Å². The molecular weight excluding hydrogens is 269 g/mol. The van der Waals surface area contributed by atoms with Crippen molar-refractivity contribution >= 4 is 15.9 Å². The zero-order chi connectivity index (χ0) is 11.5. The van der Waals surface area contributed by atoms with Crippen LogP contribution in [-0.2, 0) is 0 Å². The predicted molar refractivity (Wildman–Crippen MR) is 68.2 cm³/mol. The van der Waals surface area contributed by atoms with Gasteiger partial charge >= 0.3 is 0 Å². The molecule has 1 heterocycles. The van der Waals surface area contributed by atoms with Crippen LogP contribution in [0.3, 0.4) is 0 Å². The first-order chi connectivity index (χ1) is 7.70. The van der Waals surface area contributed by atoms with E-state index in [1.165, 1.54) is 0 Å². The van der Waals surface area contributed by atoms with E-state index in [2.05, 4.69) is 27.8 Å². The minimum Gasteiger partial charge on any atom is -0.304 e. The molecule has 0 amide bonds. The molecular formula is C13H17BrFN.